The number of ketones is 2. The second-order valence-electron chi connectivity index (χ2n) is 13.9. The largest absolute Gasteiger partial charge is 0.379 e. The summed E-state index contributed by atoms with van der Waals surface area (Å²) in [6, 6.07) is 1.38. The lowest BCUT2D eigenvalue weighted by Crippen LogP contribution is -2.57. The molecule has 0 aromatic rings. The molecule has 8 fully saturated rings. The minimum absolute atomic E-state index is 0. The molecule has 0 bridgehead atoms. The summed E-state index contributed by atoms with van der Waals surface area (Å²) in [6.07, 6.45) is 12.4. The Kier molecular flexibility index (Phi) is 15.8. The summed E-state index contributed by atoms with van der Waals surface area (Å²) in [5, 5.41) is 3.09. The quantitative estimate of drug-likeness (QED) is 0.458. The second-order valence-corrected chi connectivity index (χ2v) is 13.9. The molecule has 3 aliphatic carbocycles. The van der Waals surface area contributed by atoms with E-state index in [1.165, 1.54) is 12.8 Å². The number of hydrogen-bond donors (Lipinski definition) is 1. The number of carbonyl (C=O) groups is 2. The van der Waals surface area contributed by atoms with Gasteiger partial charge in [-0.1, -0.05) is 0 Å². The molecule has 272 valence electrons. The fraction of sp³-hybridized carbons (Fsp3) is 0.941. The van der Waals surface area contributed by atoms with Crippen molar-refractivity contribution in [2.24, 2.45) is 0 Å². The summed E-state index contributed by atoms with van der Waals surface area (Å²) >= 11 is 0. The first-order valence-corrected chi connectivity index (χ1v) is 17.7. The highest BCUT2D eigenvalue weighted by molar-refractivity contribution is 5.85. The summed E-state index contributed by atoms with van der Waals surface area (Å²) in [5.41, 5.74) is 0. The molecule has 5 saturated heterocycles. The van der Waals surface area contributed by atoms with Crippen LogP contribution in [0.5, 0.6) is 0 Å². The smallest absolute Gasteiger partial charge is 0.169 e. The van der Waals surface area contributed by atoms with E-state index in [4.69, 9.17) is 33.2 Å². The van der Waals surface area contributed by atoms with Crippen molar-refractivity contribution in [3.63, 3.8) is 0 Å². The monoisotopic (exact) mass is 689 g/mol. The summed E-state index contributed by atoms with van der Waals surface area (Å²) < 4.78 is 37.8. The van der Waals surface area contributed by atoms with Crippen LogP contribution in [0.25, 0.3) is 0 Å². The van der Waals surface area contributed by atoms with E-state index in [0.29, 0.717) is 62.0 Å². The van der Waals surface area contributed by atoms with Crippen LogP contribution in [-0.2, 0) is 42.7 Å². The summed E-state index contributed by atoms with van der Waals surface area (Å²) in [7, 11) is 5.32. The Hall–Kier alpha value is -0.770. The maximum absolute atomic E-state index is 11.0. The number of nitrogens with one attached hydrogen (secondary N) is 1. The molecule has 0 aromatic carbocycles. The third kappa shape index (κ3) is 11.1. The van der Waals surface area contributed by atoms with Crippen molar-refractivity contribution in [3.8, 4) is 0 Å². The molecular weight excluding hydrogens is 630 g/mol. The Bertz CT molecular complexity index is 914. The highest BCUT2D eigenvalue weighted by Gasteiger charge is 2.44. The summed E-state index contributed by atoms with van der Waals surface area (Å²) in [4.78, 5) is 26.9. The number of likely N-dealkylation sites (tertiary alicyclic amines) is 2. The van der Waals surface area contributed by atoms with Gasteiger partial charge in [0, 0.05) is 124 Å². The van der Waals surface area contributed by atoms with Crippen molar-refractivity contribution < 1.29 is 42.7 Å². The number of Topliss-reactive ketones (excluding diaryl/α,β-unsaturated/α-hetero) is 2. The van der Waals surface area contributed by atoms with Gasteiger partial charge in [-0.25, -0.2) is 0 Å². The Morgan fingerprint density at radius 3 is 1.32 bits per heavy atom. The SMILES string of the molecule is COC1CN(C2CCC(=O)CC2)C1.COC1CN(C2CCC3(CC2)OCCO3)C1.COC1CNC1.Cl.O=C1CCC2(CC1)OCCO2. The molecule has 0 amide bonds. The predicted octanol–water partition coefficient (Wildman–Crippen LogP) is 2.73. The molecule has 0 aromatic heterocycles. The van der Waals surface area contributed by atoms with Crippen LogP contribution in [0.4, 0.5) is 0 Å². The topological polar surface area (TPSA) is 117 Å². The van der Waals surface area contributed by atoms with Crippen molar-refractivity contribution in [2.45, 2.75) is 119 Å². The second kappa shape index (κ2) is 19.0. The van der Waals surface area contributed by atoms with Gasteiger partial charge in [0.2, 0.25) is 0 Å². The van der Waals surface area contributed by atoms with Gasteiger partial charge in [-0.3, -0.25) is 19.4 Å². The van der Waals surface area contributed by atoms with Gasteiger partial charge in [-0.15, -0.1) is 12.4 Å². The molecule has 2 spiro atoms. The molecular formula is C34H60ClN3O9. The van der Waals surface area contributed by atoms with E-state index in [0.717, 1.165) is 110 Å². The van der Waals surface area contributed by atoms with E-state index >= 15 is 0 Å². The van der Waals surface area contributed by atoms with Crippen molar-refractivity contribution in [2.75, 3.05) is 87.0 Å². The van der Waals surface area contributed by atoms with Crippen LogP contribution in [-0.4, -0.2) is 150 Å². The Morgan fingerprint density at radius 1 is 0.574 bits per heavy atom. The van der Waals surface area contributed by atoms with Gasteiger partial charge in [-0.05, 0) is 25.7 Å². The maximum Gasteiger partial charge on any atom is 0.169 e. The first-order chi connectivity index (χ1) is 22.3. The molecule has 5 aliphatic heterocycles. The average molecular weight is 690 g/mol. The molecule has 1 N–H and O–H groups in total. The van der Waals surface area contributed by atoms with Crippen LogP contribution in [0.3, 0.4) is 0 Å². The fourth-order valence-corrected chi connectivity index (χ4v) is 7.44. The number of hydrogen-bond acceptors (Lipinski definition) is 12. The normalized spacial score (nSPS) is 28.5. The zero-order valence-corrected chi connectivity index (χ0v) is 29.7. The highest BCUT2D eigenvalue weighted by Crippen LogP contribution is 2.38. The number of halogens is 1. The molecule has 0 radical (unpaired) electrons. The van der Waals surface area contributed by atoms with Gasteiger partial charge in [0.25, 0.3) is 0 Å². The van der Waals surface area contributed by atoms with Gasteiger partial charge in [-0.2, -0.15) is 0 Å². The highest BCUT2D eigenvalue weighted by atomic mass is 35.5. The van der Waals surface area contributed by atoms with Crippen LogP contribution in [0.2, 0.25) is 0 Å². The predicted molar refractivity (Wildman–Crippen MR) is 178 cm³/mol. The van der Waals surface area contributed by atoms with Crippen LogP contribution < -0.4 is 5.32 Å². The Labute approximate surface area is 287 Å². The molecule has 0 unspecified atom stereocenters. The lowest BCUT2D eigenvalue weighted by Gasteiger charge is -2.47. The van der Waals surface area contributed by atoms with Crippen LogP contribution >= 0.6 is 12.4 Å². The van der Waals surface area contributed by atoms with Gasteiger partial charge in [0.15, 0.2) is 11.6 Å². The molecule has 8 rings (SSSR count). The van der Waals surface area contributed by atoms with E-state index in [1.54, 1.807) is 21.3 Å². The standard InChI is InChI=1S/C12H21NO3.C10H17NO2.C8H12O3.C4H9NO.ClH/c1-14-11-8-13(9-11)10-2-4-12(5-3-10)15-6-7-16-12;1-13-10-6-11(7-10)8-2-4-9(12)5-3-8;9-7-1-3-8(4-2-7)10-5-6-11-8;1-6-4-2-5-3-4;/h10-11H,2-9H2,1H3;8,10H,2-7H2,1H3;1-6H2;4-5H,2-3H2,1H3;1H. The molecule has 0 atom stereocenters. The molecule has 3 saturated carbocycles. The third-order valence-electron chi connectivity index (χ3n) is 11.0. The van der Waals surface area contributed by atoms with Crippen molar-refractivity contribution in [1.82, 2.24) is 15.1 Å². The van der Waals surface area contributed by atoms with Crippen LogP contribution in [0.1, 0.15) is 77.0 Å². The lowest BCUT2D eigenvalue weighted by molar-refractivity contribution is -0.189. The lowest BCUT2D eigenvalue weighted by atomic mass is 9.87. The molecule has 5 heterocycles. The minimum atomic E-state index is -0.367. The maximum atomic E-state index is 11.0. The Morgan fingerprint density at radius 2 is 0.957 bits per heavy atom. The fourth-order valence-electron chi connectivity index (χ4n) is 7.44. The molecule has 12 nitrogen and oxygen atoms in total. The van der Waals surface area contributed by atoms with Crippen LogP contribution in [0.15, 0.2) is 0 Å². The van der Waals surface area contributed by atoms with Gasteiger partial charge in [0.1, 0.15) is 11.6 Å². The van der Waals surface area contributed by atoms with Crippen molar-refractivity contribution in [1.29, 1.82) is 0 Å². The number of carbonyl (C=O) groups excluding carboxylic acids is 2. The van der Waals surface area contributed by atoms with E-state index in [-0.39, 0.29) is 24.0 Å². The Balaban J connectivity index is 0.000000147. The van der Waals surface area contributed by atoms with Crippen molar-refractivity contribution in [3.05, 3.63) is 0 Å². The molecule has 47 heavy (non-hydrogen) atoms. The first-order valence-electron chi connectivity index (χ1n) is 17.7. The van der Waals surface area contributed by atoms with E-state index < -0.39 is 0 Å². The number of ether oxygens (including phenoxy) is 7. The van der Waals surface area contributed by atoms with Crippen LogP contribution in [0, 0.1) is 0 Å². The molecule has 13 heteroatoms. The number of methoxy groups -OCH3 is 3. The van der Waals surface area contributed by atoms with Gasteiger partial charge in [0.05, 0.1) is 44.7 Å². The van der Waals surface area contributed by atoms with Gasteiger partial charge >= 0.3 is 0 Å². The zero-order valence-electron chi connectivity index (χ0n) is 28.9. The number of rotatable bonds is 5. The van der Waals surface area contributed by atoms with Crippen molar-refractivity contribution >= 4 is 24.0 Å². The minimum Gasteiger partial charge on any atom is -0.379 e. The molecule has 8 aliphatic rings. The summed E-state index contributed by atoms with van der Waals surface area (Å²) in [5.74, 6) is 0.213. The van der Waals surface area contributed by atoms with E-state index in [1.807, 2.05) is 0 Å². The summed E-state index contributed by atoms with van der Waals surface area (Å²) in [6.45, 7) is 9.35. The van der Waals surface area contributed by atoms with Gasteiger partial charge < -0.3 is 38.5 Å². The van der Waals surface area contributed by atoms with E-state index in [9.17, 15) is 9.59 Å². The average Bonchev–Trinajstić information content (AvgIpc) is 3.66. The number of nitrogens with zero attached hydrogens (tertiary/aromatic N) is 2. The zero-order chi connectivity index (χ0) is 32.4. The first kappa shape index (κ1) is 39.0. The van der Waals surface area contributed by atoms with E-state index in [2.05, 4.69) is 15.1 Å². The third-order valence-corrected chi connectivity index (χ3v) is 11.0.